The van der Waals surface area contributed by atoms with E-state index in [1.165, 1.54) is 4.57 Å². The summed E-state index contributed by atoms with van der Waals surface area (Å²) in [6.07, 6.45) is 6.06. The Bertz CT molecular complexity index is 911. The van der Waals surface area contributed by atoms with Crippen molar-refractivity contribution in [2.75, 3.05) is 14.1 Å². The highest BCUT2D eigenvalue weighted by Crippen LogP contribution is 2.31. The topological polar surface area (TPSA) is 88.3 Å². The van der Waals surface area contributed by atoms with Crippen LogP contribution in [-0.2, 0) is 13.1 Å². The van der Waals surface area contributed by atoms with Crippen LogP contribution in [0.4, 0.5) is 5.95 Å². The second kappa shape index (κ2) is 5.61. The number of rotatable bonds is 6. The molecule has 8 heteroatoms. The second-order valence-electron chi connectivity index (χ2n) is 7.16. The number of aromatic nitrogens is 4. The largest absolute Gasteiger partial charge is 0.369 e. The van der Waals surface area contributed by atoms with E-state index in [1.54, 1.807) is 15.8 Å². The van der Waals surface area contributed by atoms with E-state index >= 15 is 0 Å². The summed E-state index contributed by atoms with van der Waals surface area (Å²) in [6, 6.07) is 0. The molecular formula is C16H22N6O2. The van der Waals surface area contributed by atoms with Gasteiger partial charge in [0.15, 0.2) is 11.2 Å². The van der Waals surface area contributed by atoms with E-state index in [1.807, 2.05) is 14.1 Å². The van der Waals surface area contributed by atoms with Gasteiger partial charge in [-0.25, -0.2) is 9.79 Å². The van der Waals surface area contributed by atoms with E-state index < -0.39 is 0 Å². The molecule has 0 bridgehead atoms. The first-order chi connectivity index (χ1) is 11.5. The molecule has 0 aliphatic heterocycles. The van der Waals surface area contributed by atoms with Gasteiger partial charge >= 0.3 is 5.69 Å². The van der Waals surface area contributed by atoms with Gasteiger partial charge in [0.25, 0.3) is 5.56 Å². The summed E-state index contributed by atoms with van der Waals surface area (Å²) in [7, 11) is 3.72. The van der Waals surface area contributed by atoms with E-state index in [9.17, 15) is 9.59 Å². The van der Waals surface area contributed by atoms with Crippen LogP contribution in [0.15, 0.2) is 14.6 Å². The Balaban J connectivity index is 1.86. The van der Waals surface area contributed by atoms with Gasteiger partial charge < -0.3 is 9.88 Å². The predicted molar refractivity (Wildman–Crippen MR) is 91.9 cm³/mol. The van der Waals surface area contributed by atoms with Crippen molar-refractivity contribution in [3.8, 4) is 0 Å². The summed E-state index contributed by atoms with van der Waals surface area (Å²) in [5.74, 6) is 1.32. The minimum atomic E-state index is -0.284. The van der Waals surface area contributed by atoms with Crippen molar-refractivity contribution in [2.24, 2.45) is 16.8 Å². The molecule has 2 aromatic heterocycles. The fourth-order valence-corrected chi connectivity index (χ4v) is 2.83. The highest BCUT2D eigenvalue weighted by molar-refractivity contribution is 5.73. The molecule has 0 atom stereocenters. The molecule has 0 unspecified atom stereocenters. The van der Waals surface area contributed by atoms with E-state index in [2.05, 4.69) is 15.0 Å². The summed E-state index contributed by atoms with van der Waals surface area (Å²) < 4.78 is 3.03. The number of aliphatic imine (C=N–C) groups is 1. The number of nitrogens with one attached hydrogen (secondary N) is 1. The third kappa shape index (κ3) is 2.88. The molecule has 4 rings (SSSR count). The predicted octanol–water partition coefficient (Wildman–Crippen LogP) is 0.928. The standard InChI is InChI=1S/C16H22N6O2/c1-20(2)9-17-15-18-12-13(19-15)21(7-10-3-4-10)16(24)22(14(12)23)8-11-5-6-11/h9-11H,3-8H2,1-2H3,(H,18,19). The smallest absolute Gasteiger partial charge is 0.332 e. The summed E-state index contributed by atoms with van der Waals surface area (Å²) in [5.41, 5.74) is 0.283. The van der Waals surface area contributed by atoms with Crippen molar-refractivity contribution in [2.45, 2.75) is 38.8 Å². The van der Waals surface area contributed by atoms with Crippen molar-refractivity contribution >= 4 is 23.5 Å². The molecule has 2 fully saturated rings. The van der Waals surface area contributed by atoms with E-state index in [0.717, 1.165) is 25.7 Å². The lowest BCUT2D eigenvalue weighted by molar-refractivity contribution is 0.520. The molecule has 128 valence electrons. The molecular weight excluding hydrogens is 308 g/mol. The number of H-pyrrole nitrogens is 1. The lowest BCUT2D eigenvalue weighted by atomic mass is 10.3. The van der Waals surface area contributed by atoms with Crippen molar-refractivity contribution in [1.82, 2.24) is 24.0 Å². The van der Waals surface area contributed by atoms with Gasteiger partial charge in [-0.05, 0) is 37.5 Å². The molecule has 0 aromatic carbocycles. The van der Waals surface area contributed by atoms with Crippen LogP contribution in [-0.4, -0.2) is 44.4 Å². The molecule has 0 spiro atoms. The lowest BCUT2D eigenvalue weighted by Gasteiger charge is -2.10. The van der Waals surface area contributed by atoms with E-state index in [4.69, 9.17) is 0 Å². The minimum Gasteiger partial charge on any atom is -0.369 e. The highest BCUT2D eigenvalue weighted by atomic mass is 16.2. The molecule has 2 aliphatic carbocycles. The molecule has 24 heavy (non-hydrogen) atoms. The number of hydrogen-bond donors (Lipinski definition) is 1. The van der Waals surface area contributed by atoms with Crippen LogP contribution in [0, 0.1) is 11.8 Å². The molecule has 2 saturated carbocycles. The lowest BCUT2D eigenvalue weighted by Crippen LogP contribution is -2.41. The third-order valence-corrected chi connectivity index (χ3v) is 4.54. The van der Waals surface area contributed by atoms with Crippen molar-refractivity contribution in [3.05, 3.63) is 20.8 Å². The number of aromatic amines is 1. The molecule has 0 amide bonds. The Morgan fingerprint density at radius 3 is 2.38 bits per heavy atom. The van der Waals surface area contributed by atoms with Crippen molar-refractivity contribution < 1.29 is 0 Å². The van der Waals surface area contributed by atoms with Crippen LogP contribution in [0.1, 0.15) is 25.7 Å². The zero-order valence-corrected chi connectivity index (χ0v) is 14.0. The van der Waals surface area contributed by atoms with Gasteiger partial charge in [0.1, 0.15) is 0 Å². The van der Waals surface area contributed by atoms with Crippen LogP contribution in [0.3, 0.4) is 0 Å². The number of hydrogen-bond acceptors (Lipinski definition) is 4. The van der Waals surface area contributed by atoms with Gasteiger partial charge in [0.05, 0.1) is 6.34 Å². The zero-order valence-electron chi connectivity index (χ0n) is 14.0. The highest BCUT2D eigenvalue weighted by Gasteiger charge is 2.28. The minimum absolute atomic E-state index is 0.235. The van der Waals surface area contributed by atoms with E-state index in [0.29, 0.717) is 42.0 Å². The number of imidazole rings is 1. The Hall–Kier alpha value is -2.38. The molecule has 8 nitrogen and oxygen atoms in total. The Morgan fingerprint density at radius 1 is 1.17 bits per heavy atom. The number of nitrogens with zero attached hydrogens (tertiary/aromatic N) is 5. The van der Waals surface area contributed by atoms with Crippen LogP contribution in [0.25, 0.3) is 11.2 Å². The van der Waals surface area contributed by atoms with Crippen LogP contribution in [0.2, 0.25) is 0 Å². The molecule has 2 aliphatic rings. The summed E-state index contributed by atoms with van der Waals surface area (Å²) >= 11 is 0. The fourth-order valence-electron chi connectivity index (χ4n) is 2.83. The van der Waals surface area contributed by atoms with Crippen LogP contribution < -0.4 is 11.2 Å². The third-order valence-electron chi connectivity index (χ3n) is 4.54. The first-order valence-electron chi connectivity index (χ1n) is 8.47. The summed E-state index contributed by atoms with van der Waals surface area (Å²) in [5, 5.41) is 0. The van der Waals surface area contributed by atoms with Crippen LogP contribution in [0.5, 0.6) is 0 Å². The average molecular weight is 330 g/mol. The van der Waals surface area contributed by atoms with Crippen LogP contribution >= 0.6 is 0 Å². The first kappa shape index (κ1) is 15.2. The van der Waals surface area contributed by atoms with Gasteiger partial charge in [-0.15, -0.1) is 0 Å². The summed E-state index contributed by atoms with van der Waals surface area (Å²) in [4.78, 5) is 39.0. The van der Waals surface area contributed by atoms with E-state index in [-0.39, 0.29) is 11.2 Å². The molecule has 2 aromatic rings. The maximum absolute atomic E-state index is 12.8. The Kier molecular flexibility index (Phi) is 3.54. The molecule has 0 radical (unpaired) electrons. The molecule has 2 heterocycles. The van der Waals surface area contributed by atoms with Gasteiger partial charge in [0, 0.05) is 27.2 Å². The Morgan fingerprint density at radius 2 is 1.79 bits per heavy atom. The fraction of sp³-hybridized carbons (Fsp3) is 0.625. The summed E-state index contributed by atoms with van der Waals surface area (Å²) in [6.45, 7) is 1.13. The first-order valence-corrected chi connectivity index (χ1v) is 8.47. The second-order valence-corrected chi connectivity index (χ2v) is 7.16. The van der Waals surface area contributed by atoms with Crippen molar-refractivity contribution in [1.29, 1.82) is 0 Å². The average Bonchev–Trinajstić information content (AvgIpc) is 3.46. The monoisotopic (exact) mass is 330 g/mol. The quantitative estimate of drug-likeness (QED) is 0.630. The SMILES string of the molecule is CN(C)C=Nc1nc2c([nH]1)c(=O)n(CC1CC1)c(=O)n2CC1CC1. The maximum atomic E-state index is 12.8. The van der Waals surface area contributed by atoms with Crippen molar-refractivity contribution in [3.63, 3.8) is 0 Å². The molecule has 1 N–H and O–H groups in total. The maximum Gasteiger partial charge on any atom is 0.332 e. The van der Waals surface area contributed by atoms with Gasteiger partial charge in [-0.3, -0.25) is 13.9 Å². The van der Waals surface area contributed by atoms with Gasteiger partial charge in [-0.1, -0.05) is 0 Å². The normalized spacial score (nSPS) is 17.9. The van der Waals surface area contributed by atoms with Gasteiger partial charge in [-0.2, -0.15) is 4.98 Å². The number of fused-ring (bicyclic) bond motifs is 1. The zero-order chi connectivity index (χ0) is 16.8. The Labute approximate surface area is 138 Å². The molecule has 0 saturated heterocycles. The van der Waals surface area contributed by atoms with Gasteiger partial charge in [0.2, 0.25) is 5.95 Å².